The van der Waals surface area contributed by atoms with Crippen LogP contribution in [0.15, 0.2) is 0 Å². The Bertz CT molecular complexity index is 283. The van der Waals surface area contributed by atoms with E-state index in [0.717, 1.165) is 24.2 Å². The molecular weight excluding hydrogens is 208 g/mol. The number of fused-ring (bicyclic) bond motifs is 1. The van der Waals surface area contributed by atoms with Crippen molar-refractivity contribution < 1.29 is 5.11 Å². The number of rotatable bonds is 3. The molecule has 3 aliphatic rings. The lowest BCUT2D eigenvalue weighted by atomic mass is 9.63. The van der Waals surface area contributed by atoms with Gasteiger partial charge in [-0.1, -0.05) is 33.1 Å². The first-order valence-electron chi connectivity index (χ1n) is 7.89. The van der Waals surface area contributed by atoms with E-state index in [-0.39, 0.29) is 6.10 Å². The summed E-state index contributed by atoms with van der Waals surface area (Å²) in [6, 6.07) is 0. The van der Waals surface area contributed by atoms with E-state index in [4.69, 9.17) is 0 Å². The zero-order valence-electron chi connectivity index (χ0n) is 11.5. The Morgan fingerprint density at radius 3 is 2.82 bits per heavy atom. The molecule has 0 aromatic heterocycles. The molecule has 3 aliphatic carbocycles. The summed E-state index contributed by atoms with van der Waals surface area (Å²) in [7, 11) is 0. The van der Waals surface area contributed by atoms with Crippen LogP contribution in [0.4, 0.5) is 0 Å². The van der Waals surface area contributed by atoms with Crippen molar-refractivity contribution in [3.05, 3.63) is 0 Å². The summed E-state index contributed by atoms with van der Waals surface area (Å²) in [5, 5.41) is 10.4. The van der Waals surface area contributed by atoms with Crippen molar-refractivity contribution in [2.75, 3.05) is 0 Å². The van der Waals surface area contributed by atoms with Crippen LogP contribution in [0.3, 0.4) is 0 Å². The van der Waals surface area contributed by atoms with Crippen LogP contribution in [0.25, 0.3) is 0 Å². The molecule has 0 saturated heterocycles. The second kappa shape index (κ2) is 4.26. The summed E-state index contributed by atoms with van der Waals surface area (Å²) >= 11 is 0. The number of unbranched alkanes of at least 4 members (excludes halogenated alkanes) is 1. The van der Waals surface area contributed by atoms with E-state index < -0.39 is 0 Å². The van der Waals surface area contributed by atoms with Gasteiger partial charge in [0.2, 0.25) is 0 Å². The Hall–Kier alpha value is -0.0400. The Balaban J connectivity index is 1.89. The molecule has 1 spiro atoms. The first-order valence-corrected chi connectivity index (χ1v) is 7.89. The van der Waals surface area contributed by atoms with Gasteiger partial charge in [-0.3, -0.25) is 0 Å². The minimum atomic E-state index is 0.0252. The Kier molecular flexibility index (Phi) is 3.01. The van der Waals surface area contributed by atoms with Gasteiger partial charge in [-0.15, -0.1) is 0 Å². The predicted octanol–water partition coefficient (Wildman–Crippen LogP) is 4.00. The molecule has 3 fully saturated rings. The SMILES string of the molecule is CCCC[C@@H]1[C@@H]2CCC[C@]13CC[C@@H](O)[C@@H]3[C@H]2C. The van der Waals surface area contributed by atoms with E-state index in [1.165, 1.54) is 44.9 Å². The van der Waals surface area contributed by atoms with Crippen molar-refractivity contribution in [2.45, 2.75) is 71.3 Å². The highest BCUT2D eigenvalue weighted by Gasteiger charge is 2.63. The maximum atomic E-state index is 10.4. The fourth-order valence-electron chi connectivity index (χ4n) is 6.05. The lowest BCUT2D eigenvalue weighted by Crippen LogP contribution is -2.34. The summed E-state index contributed by atoms with van der Waals surface area (Å²) < 4.78 is 0. The van der Waals surface area contributed by atoms with Gasteiger partial charge in [0.05, 0.1) is 6.10 Å². The highest BCUT2D eigenvalue weighted by molar-refractivity contribution is 5.12. The van der Waals surface area contributed by atoms with Crippen LogP contribution < -0.4 is 0 Å². The van der Waals surface area contributed by atoms with Crippen LogP contribution >= 0.6 is 0 Å². The molecule has 0 aliphatic heterocycles. The number of aliphatic hydroxyl groups excluding tert-OH is 1. The minimum Gasteiger partial charge on any atom is -0.393 e. The van der Waals surface area contributed by atoms with E-state index in [2.05, 4.69) is 13.8 Å². The molecule has 98 valence electrons. The van der Waals surface area contributed by atoms with Crippen LogP contribution in [0.1, 0.15) is 65.2 Å². The van der Waals surface area contributed by atoms with Crippen molar-refractivity contribution in [2.24, 2.45) is 29.1 Å². The van der Waals surface area contributed by atoms with E-state index >= 15 is 0 Å². The zero-order valence-corrected chi connectivity index (χ0v) is 11.5. The molecule has 0 amide bonds. The van der Waals surface area contributed by atoms with E-state index in [9.17, 15) is 5.11 Å². The smallest absolute Gasteiger partial charge is 0.0576 e. The molecular formula is C16H28O. The van der Waals surface area contributed by atoms with E-state index in [1.54, 1.807) is 0 Å². The second-order valence-electron chi connectivity index (χ2n) is 7.03. The van der Waals surface area contributed by atoms with Crippen LogP contribution in [0.2, 0.25) is 0 Å². The largest absolute Gasteiger partial charge is 0.393 e. The molecule has 6 atom stereocenters. The average Bonchev–Trinajstić information content (AvgIpc) is 2.69. The Morgan fingerprint density at radius 1 is 1.24 bits per heavy atom. The molecule has 17 heavy (non-hydrogen) atoms. The first-order chi connectivity index (χ1) is 8.20. The lowest BCUT2D eigenvalue weighted by molar-refractivity contribution is 0.0477. The lowest BCUT2D eigenvalue weighted by Gasteiger charge is -2.41. The monoisotopic (exact) mass is 236 g/mol. The predicted molar refractivity (Wildman–Crippen MR) is 70.7 cm³/mol. The molecule has 1 heteroatoms. The Labute approximate surface area is 106 Å². The van der Waals surface area contributed by atoms with Crippen molar-refractivity contribution in [1.82, 2.24) is 0 Å². The standard InChI is InChI=1S/C16H28O/c1-3-4-7-13-12-6-5-9-16(13)10-8-14(17)15(16)11(12)2/h11-15,17H,3-10H2,1-2H3/t11-,12+,13+,14+,15-,16-/m0/s1. The summed E-state index contributed by atoms with van der Waals surface area (Å²) in [5.74, 6) is 3.33. The number of hydrogen-bond donors (Lipinski definition) is 1. The summed E-state index contributed by atoms with van der Waals surface area (Å²) in [5.41, 5.74) is 0.566. The highest BCUT2D eigenvalue weighted by Crippen LogP contribution is 2.68. The quantitative estimate of drug-likeness (QED) is 0.785. The molecule has 2 bridgehead atoms. The third-order valence-electron chi connectivity index (χ3n) is 6.53. The minimum absolute atomic E-state index is 0.0252. The maximum absolute atomic E-state index is 10.4. The fraction of sp³-hybridized carbons (Fsp3) is 1.00. The van der Waals surface area contributed by atoms with Gasteiger partial charge in [-0.2, -0.15) is 0 Å². The number of hydrogen-bond acceptors (Lipinski definition) is 1. The third kappa shape index (κ3) is 1.54. The normalized spacial score (nSPS) is 52.8. The van der Waals surface area contributed by atoms with Gasteiger partial charge in [-0.05, 0) is 61.2 Å². The Morgan fingerprint density at radius 2 is 2.06 bits per heavy atom. The summed E-state index contributed by atoms with van der Waals surface area (Å²) in [6.45, 7) is 4.75. The van der Waals surface area contributed by atoms with Crippen molar-refractivity contribution in [3.63, 3.8) is 0 Å². The van der Waals surface area contributed by atoms with Crippen molar-refractivity contribution in [1.29, 1.82) is 0 Å². The average molecular weight is 236 g/mol. The molecule has 3 saturated carbocycles. The van der Waals surface area contributed by atoms with Crippen molar-refractivity contribution in [3.8, 4) is 0 Å². The summed E-state index contributed by atoms with van der Waals surface area (Å²) in [6.07, 6.45) is 10.9. The molecule has 1 N–H and O–H groups in total. The van der Waals surface area contributed by atoms with Crippen LogP contribution in [-0.4, -0.2) is 11.2 Å². The van der Waals surface area contributed by atoms with Crippen LogP contribution in [-0.2, 0) is 0 Å². The van der Waals surface area contributed by atoms with Gasteiger partial charge in [0, 0.05) is 0 Å². The van der Waals surface area contributed by atoms with Gasteiger partial charge in [-0.25, -0.2) is 0 Å². The molecule has 0 unspecified atom stereocenters. The maximum Gasteiger partial charge on any atom is 0.0576 e. The topological polar surface area (TPSA) is 20.2 Å². The third-order valence-corrected chi connectivity index (χ3v) is 6.53. The highest BCUT2D eigenvalue weighted by atomic mass is 16.3. The first kappa shape index (κ1) is 12.0. The number of aliphatic hydroxyl groups is 1. The molecule has 0 heterocycles. The zero-order chi connectivity index (χ0) is 12.0. The van der Waals surface area contributed by atoms with Gasteiger partial charge >= 0.3 is 0 Å². The molecule has 0 radical (unpaired) electrons. The molecule has 0 aromatic carbocycles. The van der Waals surface area contributed by atoms with Crippen LogP contribution in [0, 0.1) is 29.1 Å². The van der Waals surface area contributed by atoms with Gasteiger partial charge in [0.1, 0.15) is 0 Å². The fourth-order valence-corrected chi connectivity index (χ4v) is 6.05. The van der Waals surface area contributed by atoms with E-state index in [1.807, 2.05) is 0 Å². The van der Waals surface area contributed by atoms with Gasteiger partial charge < -0.3 is 5.11 Å². The summed E-state index contributed by atoms with van der Waals surface area (Å²) in [4.78, 5) is 0. The van der Waals surface area contributed by atoms with Gasteiger partial charge in [0.15, 0.2) is 0 Å². The second-order valence-corrected chi connectivity index (χ2v) is 7.03. The van der Waals surface area contributed by atoms with Crippen LogP contribution in [0.5, 0.6) is 0 Å². The molecule has 0 aromatic rings. The molecule has 3 rings (SSSR count). The van der Waals surface area contributed by atoms with E-state index in [0.29, 0.717) is 11.3 Å². The van der Waals surface area contributed by atoms with Gasteiger partial charge in [0.25, 0.3) is 0 Å². The molecule has 1 nitrogen and oxygen atoms in total. The van der Waals surface area contributed by atoms with Crippen molar-refractivity contribution >= 4 is 0 Å².